The first-order chi connectivity index (χ1) is 10.4. The highest BCUT2D eigenvalue weighted by molar-refractivity contribution is 5.11. The maximum Gasteiger partial charge on any atom is 0.0855 e. The van der Waals surface area contributed by atoms with Gasteiger partial charge in [-0.15, -0.1) is 0 Å². The molecule has 2 heteroatoms. The molecule has 4 aliphatic rings. The first kappa shape index (κ1) is 15.4. The van der Waals surface area contributed by atoms with Gasteiger partial charge in [-0.1, -0.05) is 27.2 Å². The Morgan fingerprint density at radius 1 is 0.818 bits per heavy atom. The van der Waals surface area contributed by atoms with E-state index in [4.69, 9.17) is 0 Å². The molecule has 2 N–H and O–H groups in total. The van der Waals surface area contributed by atoms with Crippen molar-refractivity contribution in [1.29, 1.82) is 0 Å². The number of fused-ring (bicyclic) bond motifs is 5. The third-order valence-corrected chi connectivity index (χ3v) is 8.90. The fraction of sp³-hybridized carbons (Fsp3) is 1.00. The van der Waals surface area contributed by atoms with E-state index in [0.717, 1.165) is 36.5 Å². The first-order valence-electron chi connectivity index (χ1n) is 9.72. The zero-order chi connectivity index (χ0) is 15.7. The second kappa shape index (κ2) is 4.96. The molecule has 0 unspecified atom stereocenters. The Hall–Kier alpha value is -0.0800. The van der Waals surface area contributed by atoms with Crippen LogP contribution in [0.3, 0.4) is 0 Å². The molecule has 0 aromatic carbocycles. The SMILES string of the molecule is C[C@H]1CC[C@@]2(C)[C@@H](CC[C@@H]3[C@@H]2CC[C@]2(C)[C@@H](O)[C@H](O)C[C@@H]32)C1. The van der Waals surface area contributed by atoms with Crippen LogP contribution in [0.2, 0.25) is 0 Å². The van der Waals surface area contributed by atoms with Gasteiger partial charge >= 0.3 is 0 Å². The molecule has 0 amide bonds. The summed E-state index contributed by atoms with van der Waals surface area (Å²) in [5.74, 6) is 3.99. The summed E-state index contributed by atoms with van der Waals surface area (Å²) < 4.78 is 0. The number of rotatable bonds is 0. The minimum atomic E-state index is -0.490. The quantitative estimate of drug-likeness (QED) is 0.710. The van der Waals surface area contributed by atoms with Gasteiger partial charge in [-0.25, -0.2) is 0 Å². The van der Waals surface area contributed by atoms with Crippen LogP contribution in [0.25, 0.3) is 0 Å². The van der Waals surface area contributed by atoms with Gasteiger partial charge in [0.2, 0.25) is 0 Å². The molecule has 0 radical (unpaired) electrons. The molecule has 0 spiro atoms. The Morgan fingerprint density at radius 3 is 2.32 bits per heavy atom. The zero-order valence-electron chi connectivity index (χ0n) is 14.6. The average Bonchev–Trinajstić information content (AvgIpc) is 2.72. The number of aliphatic hydroxyl groups is 2. The minimum Gasteiger partial charge on any atom is -0.390 e. The molecule has 0 aromatic rings. The summed E-state index contributed by atoms with van der Waals surface area (Å²) in [6, 6.07) is 0. The monoisotopic (exact) mass is 306 g/mol. The lowest BCUT2D eigenvalue weighted by Crippen LogP contribution is -2.54. The van der Waals surface area contributed by atoms with Crippen LogP contribution in [-0.4, -0.2) is 22.4 Å². The van der Waals surface area contributed by atoms with Crippen LogP contribution in [0.5, 0.6) is 0 Å². The Balaban J connectivity index is 1.63. The molecule has 126 valence electrons. The summed E-state index contributed by atoms with van der Waals surface area (Å²) in [5.41, 5.74) is 0.515. The van der Waals surface area contributed by atoms with E-state index in [-0.39, 0.29) is 5.41 Å². The summed E-state index contributed by atoms with van der Waals surface area (Å²) in [7, 11) is 0. The normalized spacial score (nSPS) is 61.2. The number of hydrogen-bond donors (Lipinski definition) is 2. The van der Waals surface area contributed by atoms with E-state index in [9.17, 15) is 10.2 Å². The Morgan fingerprint density at radius 2 is 1.55 bits per heavy atom. The van der Waals surface area contributed by atoms with Gasteiger partial charge in [0.25, 0.3) is 0 Å². The van der Waals surface area contributed by atoms with E-state index in [1.54, 1.807) is 0 Å². The first-order valence-corrected chi connectivity index (χ1v) is 9.72. The van der Waals surface area contributed by atoms with Crippen LogP contribution in [-0.2, 0) is 0 Å². The molecule has 0 aromatic heterocycles. The van der Waals surface area contributed by atoms with Gasteiger partial charge < -0.3 is 10.2 Å². The highest BCUT2D eigenvalue weighted by Gasteiger charge is 2.61. The molecule has 0 aliphatic heterocycles. The Kier molecular flexibility index (Phi) is 3.48. The molecule has 4 rings (SSSR count). The van der Waals surface area contributed by atoms with Crippen molar-refractivity contribution in [2.75, 3.05) is 0 Å². The molecule has 22 heavy (non-hydrogen) atoms. The van der Waals surface area contributed by atoms with Gasteiger partial charge in [-0.3, -0.25) is 0 Å². The lowest BCUT2D eigenvalue weighted by Gasteiger charge is -2.60. The van der Waals surface area contributed by atoms with E-state index in [1.165, 1.54) is 38.5 Å². The van der Waals surface area contributed by atoms with Gasteiger partial charge in [0.1, 0.15) is 0 Å². The van der Waals surface area contributed by atoms with Gasteiger partial charge in [0.05, 0.1) is 12.2 Å². The molecule has 4 saturated carbocycles. The maximum atomic E-state index is 10.5. The largest absolute Gasteiger partial charge is 0.390 e. The third-order valence-electron chi connectivity index (χ3n) is 8.90. The molecule has 0 saturated heterocycles. The Bertz CT molecular complexity index is 449. The predicted molar refractivity (Wildman–Crippen MR) is 88.3 cm³/mol. The molecule has 0 heterocycles. The molecule has 9 atom stereocenters. The van der Waals surface area contributed by atoms with Crippen LogP contribution >= 0.6 is 0 Å². The van der Waals surface area contributed by atoms with E-state index in [1.807, 2.05) is 0 Å². The van der Waals surface area contributed by atoms with Crippen LogP contribution in [0.1, 0.15) is 72.1 Å². The van der Waals surface area contributed by atoms with Gasteiger partial charge in [0.15, 0.2) is 0 Å². The van der Waals surface area contributed by atoms with Crippen LogP contribution < -0.4 is 0 Å². The zero-order valence-corrected chi connectivity index (χ0v) is 14.6. The smallest absolute Gasteiger partial charge is 0.0855 e. The fourth-order valence-corrected chi connectivity index (χ4v) is 7.46. The van der Waals surface area contributed by atoms with Crippen LogP contribution in [0, 0.1) is 40.4 Å². The van der Waals surface area contributed by atoms with E-state index in [2.05, 4.69) is 20.8 Å². The second-order valence-corrected chi connectivity index (χ2v) is 9.83. The number of aliphatic hydroxyl groups excluding tert-OH is 2. The summed E-state index contributed by atoms with van der Waals surface area (Å²) in [5, 5.41) is 20.8. The van der Waals surface area contributed by atoms with Gasteiger partial charge in [-0.2, -0.15) is 0 Å². The predicted octanol–water partition coefficient (Wildman–Crippen LogP) is 4.00. The van der Waals surface area contributed by atoms with Crippen molar-refractivity contribution < 1.29 is 10.2 Å². The maximum absolute atomic E-state index is 10.5. The topological polar surface area (TPSA) is 40.5 Å². The molecule has 0 bridgehead atoms. The van der Waals surface area contributed by atoms with Gasteiger partial charge in [0, 0.05) is 0 Å². The standard InChI is InChI=1S/C20H34O2/c1-12-6-8-19(2)13(10-12)4-5-14-15(19)7-9-20(3)16(14)11-17(21)18(20)22/h12-18,21-22H,4-11H2,1-3H3/t12-,13-,14+,15-,16-,17+,18-,19-,20-/m0/s1. The molecular formula is C20H34O2. The van der Waals surface area contributed by atoms with Crippen molar-refractivity contribution in [2.45, 2.75) is 84.3 Å². The van der Waals surface area contributed by atoms with Crippen molar-refractivity contribution in [3.8, 4) is 0 Å². The summed E-state index contributed by atoms with van der Waals surface area (Å²) >= 11 is 0. The highest BCUT2D eigenvalue weighted by atomic mass is 16.3. The van der Waals surface area contributed by atoms with Crippen molar-refractivity contribution in [2.24, 2.45) is 40.4 Å². The Labute approximate surface area is 135 Å². The van der Waals surface area contributed by atoms with Crippen molar-refractivity contribution >= 4 is 0 Å². The van der Waals surface area contributed by atoms with Crippen LogP contribution in [0.4, 0.5) is 0 Å². The van der Waals surface area contributed by atoms with E-state index < -0.39 is 12.2 Å². The lowest BCUT2D eigenvalue weighted by atomic mass is 9.44. The van der Waals surface area contributed by atoms with E-state index in [0.29, 0.717) is 11.3 Å². The summed E-state index contributed by atoms with van der Waals surface area (Å²) in [6.07, 6.45) is 9.26. The summed E-state index contributed by atoms with van der Waals surface area (Å²) in [4.78, 5) is 0. The van der Waals surface area contributed by atoms with Crippen LogP contribution in [0.15, 0.2) is 0 Å². The molecule has 4 aliphatic carbocycles. The highest BCUT2D eigenvalue weighted by Crippen LogP contribution is 2.66. The fourth-order valence-electron chi connectivity index (χ4n) is 7.46. The minimum absolute atomic E-state index is 0.0221. The number of hydrogen-bond acceptors (Lipinski definition) is 2. The van der Waals surface area contributed by atoms with Crippen molar-refractivity contribution in [3.05, 3.63) is 0 Å². The molecule has 2 nitrogen and oxygen atoms in total. The van der Waals surface area contributed by atoms with Crippen molar-refractivity contribution in [3.63, 3.8) is 0 Å². The second-order valence-electron chi connectivity index (χ2n) is 9.83. The summed E-state index contributed by atoms with van der Waals surface area (Å²) in [6.45, 7) is 7.28. The van der Waals surface area contributed by atoms with E-state index >= 15 is 0 Å². The van der Waals surface area contributed by atoms with Gasteiger partial charge in [-0.05, 0) is 85.4 Å². The molecule has 4 fully saturated rings. The lowest BCUT2D eigenvalue weighted by molar-refractivity contribution is -0.128. The van der Waals surface area contributed by atoms with Crippen molar-refractivity contribution in [1.82, 2.24) is 0 Å². The average molecular weight is 306 g/mol. The molecular weight excluding hydrogens is 272 g/mol. The third kappa shape index (κ3) is 1.92.